The molecule has 23 heavy (non-hydrogen) atoms. The van der Waals surface area contributed by atoms with Gasteiger partial charge in [-0.1, -0.05) is 6.92 Å². The summed E-state index contributed by atoms with van der Waals surface area (Å²) >= 11 is 3.33. The fraction of sp³-hybridized carbons (Fsp3) is 0.529. The molecule has 6 heteroatoms. The molecule has 3 rings (SSSR count). The molecular formula is C17H21NO3S2. The SMILES string of the molecule is CCOC(=O)C1CCCN(C(=O)c2cc3cc(CC)sc3s2)C1. The summed E-state index contributed by atoms with van der Waals surface area (Å²) < 4.78 is 6.32. The van der Waals surface area contributed by atoms with Crippen LogP contribution in [0.5, 0.6) is 0 Å². The first-order valence-electron chi connectivity index (χ1n) is 8.10. The van der Waals surface area contributed by atoms with Crippen molar-refractivity contribution >= 4 is 43.9 Å². The van der Waals surface area contributed by atoms with Gasteiger partial charge in [0, 0.05) is 23.4 Å². The van der Waals surface area contributed by atoms with Crippen molar-refractivity contribution in [3.8, 4) is 0 Å². The minimum Gasteiger partial charge on any atom is -0.466 e. The summed E-state index contributed by atoms with van der Waals surface area (Å²) in [5.74, 6) is -0.310. The summed E-state index contributed by atoms with van der Waals surface area (Å²) in [4.78, 5) is 28.6. The van der Waals surface area contributed by atoms with Crippen molar-refractivity contribution in [2.24, 2.45) is 5.92 Å². The van der Waals surface area contributed by atoms with Gasteiger partial charge in [-0.3, -0.25) is 9.59 Å². The van der Waals surface area contributed by atoms with E-state index in [2.05, 4.69) is 13.0 Å². The highest BCUT2D eigenvalue weighted by Gasteiger charge is 2.30. The Labute approximate surface area is 144 Å². The quantitative estimate of drug-likeness (QED) is 0.784. The van der Waals surface area contributed by atoms with E-state index in [1.807, 2.05) is 13.0 Å². The molecule has 0 aliphatic carbocycles. The minimum absolute atomic E-state index is 0.0467. The van der Waals surface area contributed by atoms with Gasteiger partial charge in [0.15, 0.2) is 0 Å². The molecule has 1 unspecified atom stereocenters. The lowest BCUT2D eigenvalue weighted by Crippen LogP contribution is -2.42. The summed E-state index contributed by atoms with van der Waals surface area (Å²) in [6.07, 6.45) is 2.69. The summed E-state index contributed by atoms with van der Waals surface area (Å²) in [6.45, 7) is 5.55. The number of thiophene rings is 2. The highest BCUT2D eigenvalue weighted by molar-refractivity contribution is 7.39. The second kappa shape index (κ2) is 7.01. The Kier molecular flexibility index (Phi) is 5.02. The highest BCUT2D eigenvalue weighted by Crippen LogP contribution is 2.34. The van der Waals surface area contributed by atoms with E-state index in [9.17, 15) is 9.59 Å². The number of likely N-dealkylation sites (tertiary alicyclic amines) is 1. The van der Waals surface area contributed by atoms with Gasteiger partial charge in [-0.15, -0.1) is 22.7 Å². The van der Waals surface area contributed by atoms with Gasteiger partial charge in [-0.05, 0) is 38.3 Å². The minimum atomic E-state index is -0.180. The van der Waals surface area contributed by atoms with Crippen LogP contribution in [0.2, 0.25) is 0 Å². The fourth-order valence-electron chi connectivity index (χ4n) is 2.94. The molecule has 2 aromatic rings. The van der Waals surface area contributed by atoms with E-state index in [1.165, 1.54) is 14.3 Å². The molecule has 0 spiro atoms. The number of piperidine rings is 1. The number of hydrogen-bond acceptors (Lipinski definition) is 5. The van der Waals surface area contributed by atoms with Gasteiger partial charge in [0.05, 0.1) is 21.4 Å². The monoisotopic (exact) mass is 351 g/mol. The largest absolute Gasteiger partial charge is 0.466 e. The topological polar surface area (TPSA) is 46.6 Å². The Bertz CT molecular complexity index is 687. The first-order valence-corrected chi connectivity index (χ1v) is 9.73. The van der Waals surface area contributed by atoms with Crippen LogP contribution in [0.1, 0.15) is 41.2 Å². The number of fused-ring (bicyclic) bond motifs is 1. The summed E-state index contributed by atoms with van der Waals surface area (Å²) in [5.41, 5.74) is 0. The first kappa shape index (κ1) is 16.5. The lowest BCUT2D eigenvalue weighted by molar-refractivity contribution is -0.149. The van der Waals surface area contributed by atoms with Gasteiger partial charge < -0.3 is 9.64 Å². The molecule has 4 nitrogen and oxygen atoms in total. The molecule has 1 aliphatic heterocycles. The smallest absolute Gasteiger partial charge is 0.310 e. The average Bonchev–Trinajstić information content (AvgIpc) is 3.13. The average molecular weight is 351 g/mol. The van der Waals surface area contributed by atoms with Crippen LogP contribution in [0.15, 0.2) is 12.1 Å². The molecule has 0 radical (unpaired) electrons. The van der Waals surface area contributed by atoms with E-state index in [1.54, 1.807) is 27.6 Å². The predicted octanol–water partition coefficient (Wildman–Crippen LogP) is 3.94. The van der Waals surface area contributed by atoms with Crippen LogP contribution in [0.25, 0.3) is 9.40 Å². The molecule has 0 bridgehead atoms. The van der Waals surface area contributed by atoms with Crippen LogP contribution in [-0.2, 0) is 16.0 Å². The third kappa shape index (κ3) is 3.43. The van der Waals surface area contributed by atoms with Crippen LogP contribution in [0, 0.1) is 5.92 Å². The maximum absolute atomic E-state index is 12.7. The second-order valence-electron chi connectivity index (χ2n) is 5.76. The zero-order chi connectivity index (χ0) is 16.4. The predicted molar refractivity (Wildman–Crippen MR) is 94.3 cm³/mol. The van der Waals surface area contributed by atoms with Crippen LogP contribution >= 0.6 is 22.7 Å². The number of aryl methyl sites for hydroxylation is 1. The number of esters is 1. The standard InChI is InChI=1S/C17H21NO3S2/c1-3-13-8-12-9-14(23-17(12)22-13)15(19)18-7-5-6-11(10-18)16(20)21-4-2/h8-9,11H,3-7,10H2,1-2H3. The number of carbonyl (C=O) groups is 2. The van der Waals surface area contributed by atoms with Crippen LogP contribution < -0.4 is 0 Å². The molecule has 1 saturated heterocycles. The van der Waals surface area contributed by atoms with E-state index < -0.39 is 0 Å². The van der Waals surface area contributed by atoms with Crippen LogP contribution in [0.4, 0.5) is 0 Å². The van der Waals surface area contributed by atoms with E-state index in [-0.39, 0.29) is 17.8 Å². The molecule has 1 amide bonds. The van der Waals surface area contributed by atoms with Gasteiger partial charge in [0.1, 0.15) is 0 Å². The van der Waals surface area contributed by atoms with Gasteiger partial charge in [0.2, 0.25) is 0 Å². The summed E-state index contributed by atoms with van der Waals surface area (Å²) in [6, 6.07) is 4.16. The molecule has 0 saturated carbocycles. The maximum atomic E-state index is 12.7. The zero-order valence-corrected chi connectivity index (χ0v) is 15.1. The normalized spacial score (nSPS) is 18.3. The molecule has 0 N–H and O–H groups in total. The first-order chi connectivity index (χ1) is 11.1. The van der Waals surface area contributed by atoms with E-state index in [0.29, 0.717) is 13.2 Å². The van der Waals surface area contributed by atoms with Crippen molar-refractivity contribution in [3.05, 3.63) is 21.9 Å². The van der Waals surface area contributed by atoms with Crippen LogP contribution in [-0.4, -0.2) is 36.5 Å². The van der Waals surface area contributed by atoms with Gasteiger partial charge in [-0.25, -0.2) is 0 Å². The van der Waals surface area contributed by atoms with Crippen molar-refractivity contribution in [1.29, 1.82) is 0 Å². The molecule has 2 aromatic heterocycles. The van der Waals surface area contributed by atoms with Crippen molar-refractivity contribution in [2.45, 2.75) is 33.1 Å². The number of hydrogen-bond donors (Lipinski definition) is 0. The van der Waals surface area contributed by atoms with E-state index >= 15 is 0 Å². The molecule has 1 aliphatic rings. The number of carbonyl (C=O) groups excluding carboxylic acids is 2. The fourth-order valence-corrected chi connectivity index (χ4v) is 5.34. The van der Waals surface area contributed by atoms with Crippen molar-refractivity contribution in [1.82, 2.24) is 4.90 Å². The van der Waals surface area contributed by atoms with Gasteiger partial charge >= 0.3 is 5.97 Å². The molecule has 1 atom stereocenters. The maximum Gasteiger partial charge on any atom is 0.310 e. The second-order valence-corrected chi connectivity index (χ2v) is 8.21. The number of amides is 1. The molecular weight excluding hydrogens is 330 g/mol. The third-order valence-corrected chi connectivity index (χ3v) is 6.68. The lowest BCUT2D eigenvalue weighted by Gasteiger charge is -2.31. The number of ether oxygens (including phenoxy) is 1. The molecule has 1 fully saturated rings. The van der Waals surface area contributed by atoms with Crippen LogP contribution in [0.3, 0.4) is 0 Å². The van der Waals surface area contributed by atoms with Crippen molar-refractivity contribution < 1.29 is 14.3 Å². The van der Waals surface area contributed by atoms with Crippen molar-refractivity contribution in [3.63, 3.8) is 0 Å². The Balaban J connectivity index is 1.72. The Morgan fingerprint density at radius 3 is 2.83 bits per heavy atom. The number of rotatable bonds is 4. The zero-order valence-electron chi connectivity index (χ0n) is 13.5. The van der Waals surface area contributed by atoms with Crippen molar-refractivity contribution in [2.75, 3.05) is 19.7 Å². The Morgan fingerprint density at radius 2 is 2.13 bits per heavy atom. The summed E-state index contributed by atoms with van der Waals surface area (Å²) in [7, 11) is 0. The highest BCUT2D eigenvalue weighted by atomic mass is 32.2. The van der Waals surface area contributed by atoms with Gasteiger partial charge in [0.25, 0.3) is 5.91 Å². The number of nitrogens with zero attached hydrogens (tertiary/aromatic N) is 1. The molecule has 3 heterocycles. The Morgan fingerprint density at radius 1 is 1.30 bits per heavy atom. The third-order valence-electron chi connectivity index (χ3n) is 4.15. The van der Waals surface area contributed by atoms with E-state index in [0.717, 1.165) is 30.7 Å². The Hall–Kier alpha value is -1.40. The lowest BCUT2D eigenvalue weighted by atomic mass is 9.98. The van der Waals surface area contributed by atoms with E-state index in [4.69, 9.17) is 4.74 Å². The summed E-state index contributed by atoms with van der Waals surface area (Å²) in [5, 5.41) is 1.17. The molecule has 124 valence electrons. The molecule has 0 aromatic carbocycles. The van der Waals surface area contributed by atoms with Gasteiger partial charge in [-0.2, -0.15) is 0 Å².